The van der Waals surface area contributed by atoms with Gasteiger partial charge in [-0.2, -0.15) is 0 Å². The molecule has 8 rings (SSSR count). The minimum Gasteiger partial charge on any atom is -0.275 e. The van der Waals surface area contributed by atoms with Crippen LogP contribution in [0.4, 0.5) is 0 Å². The topological polar surface area (TPSA) is 92.0 Å². The van der Waals surface area contributed by atoms with Gasteiger partial charge in [-0.3, -0.25) is 10.2 Å². The summed E-state index contributed by atoms with van der Waals surface area (Å²) in [4.78, 5) is 21.5. The molecule has 0 bridgehead atoms. The fraction of sp³-hybridized carbons (Fsp3) is 0.214. The van der Waals surface area contributed by atoms with Gasteiger partial charge in [0.25, 0.3) is 0 Å². The van der Waals surface area contributed by atoms with E-state index in [-0.39, 0.29) is 0 Å². The van der Waals surface area contributed by atoms with Crippen molar-refractivity contribution in [1.29, 1.82) is 0 Å². The number of nitrogens with one attached hydrogen (secondary N) is 2. The van der Waals surface area contributed by atoms with Crippen LogP contribution in [0.3, 0.4) is 0 Å². The van der Waals surface area contributed by atoms with Crippen molar-refractivity contribution in [3.63, 3.8) is 0 Å². The van der Waals surface area contributed by atoms with Crippen molar-refractivity contribution in [2.45, 2.75) is 41.5 Å². The monoisotopic (exact) mass is 536 g/mol. The summed E-state index contributed by atoms with van der Waals surface area (Å²) < 4.78 is 5.48. The molecule has 0 amide bonds. The van der Waals surface area contributed by atoms with Crippen LogP contribution in [0.15, 0.2) is 24.5 Å². The van der Waals surface area contributed by atoms with Crippen molar-refractivity contribution < 1.29 is 0 Å². The van der Waals surface area contributed by atoms with Crippen LogP contribution < -0.4 is 0 Å². The molecule has 0 spiro atoms. The molecule has 0 atom stereocenters. The molecule has 8 heterocycles. The number of aromatic nitrogens is 8. The molecule has 10 heteroatoms. The van der Waals surface area contributed by atoms with Gasteiger partial charge in [0, 0.05) is 16.8 Å². The van der Waals surface area contributed by atoms with Crippen LogP contribution in [-0.4, -0.2) is 39.2 Å². The maximum atomic E-state index is 4.80. The summed E-state index contributed by atoms with van der Waals surface area (Å²) in [6.45, 7) is 12.7. The minimum absolute atomic E-state index is 0.879. The van der Waals surface area contributed by atoms with Crippen LogP contribution in [0.5, 0.6) is 0 Å². The molecule has 0 aliphatic carbocycles. The molecule has 0 radical (unpaired) electrons. The zero-order valence-electron chi connectivity index (χ0n) is 21.8. The average molecular weight is 537 g/mol. The first-order valence-electron chi connectivity index (χ1n) is 12.5. The van der Waals surface area contributed by atoms with Gasteiger partial charge in [0.1, 0.15) is 11.4 Å². The number of imidazole rings is 2. The first-order chi connectivity index (χ1) is 18.3. The first-order valence-corrected chi connectivity index (χ1v) is 14.1. The molecule has 188 valence electrons. The summed E-state index contributed by atoms with van der Waals surface area (Å²) in [7, 11) is 0. The molecule has 8 nitrogen and oxygen atoms in total. The molecule has 2 N–H and O–H groups in total. The van der Waals surface area contributed by atoms with E-state index >= 15 is 0 Å². The Morgan fingerprint density at radius 2 is 1.08 bits per heavy atom. The maximum absolute atomic E-state index is 4.80. The van der Waals surface area contributed by atoms with E-state index in [1.807, 2.05) is 48.9 Å². The highest BCUT2D eigenvalue weighted by Crippen LogP contribution is 2.48. The van der Waals surface area contributed by atoms with E-state index < -0.39 is 0 Å². The lowest BCUT2D eigenvalue weighted by atomic mass is 10.1. The first kappa shape index (κ1) is 22.0. The van der Waals surface area contributed by atoms with E-state index in [1.165, 1.54) is 41.4 Å². The van der Waals surface area contributed by atoms with Gasteiger partial charge in [0.05, 0.1) is 36.9 Å². The average Bonchev–Trinajstić information content (AvgIpc) is 3.65. The standard InChI is InChI=1S/C28H24N8S2/c1-11-7-13(3)31-24-19(11)26-29-9-17(35(26)33-24)22-15(5)21-16(6)23(38-28(21)37-22)18-10-30-27-20-12(2)8-14(4)32-25(20)34-36(18)27/h7-10H,1-6H3,(H,31,33)(H,32,34). The Hall–Kier alpha value is -4.02. The number of H-pyrrole nitrogens is 2. The Morgan fingerprint density at radius 1 is 0.632 bits per heavy atom. The SMILES string of the molecule is Cc1cc(C)c2c(n1)[nH]n1c(-c3sc4sc(-c5cnc6c7c(C)cc(C)nc7[nH]n56)c(C)c4c3C)cnc21. The smallest absolute Gasteiger partial charge is 0.163 e. The van der Waals surface area contributed by atoms with Crippen molar-refractivity contribution in [3.8, 4) is 21.1 Å². The predicted molar refractivity (Wildman–Crippen MR) is 156 cm³/mol. The number of thiophene rings is 2. The number of hydrogen-bond donors (Lipinski definition) is 2. The summed E-state index contributed by atoms with van der Waals surface area (Å²) in [5, 5.41) is 10.5. The van der Waals surface area contributed by atoms with Crippen LogP contribution in [-0.2, 0) is 0 Å². The number of aromatic amines is 2. The van der Waals surface area contributed by atoms with Gasteiger partial charge in [0.2, 0.25) is 0 Å². The molecule has 8 aromatic heterocycles. The van der Waals surface area contributed by atoms with Crippen LogP contribution >= 0.6 is 22.7 Å². The van der Waals surface area contributed by atoms with E-state index in [1.54, 1.807) is 0 Å². The Bertz CT molecular complexity index is 2110. The molecule has 0 unspecified atom stereocenters. The van der Waals surface area contributed by atoms with Crippen molar-refractivity contribution in [3.05, 3.63) is 58.2 Å². The molecule has 0 saturated carbocycles. The Balaban J connectivity index is 1.31. The molecule has 38 heavy (non-hydrogen) atoms. The van der Waals surface area contributed by atoms with Crippen LogP contribution in [0.1, 0.15) is 33.6 Å². The molecule has 0 saturated heterocycles. The summed E-state index contributed by atoms with van der Waals surface area (Å²) >= 11 is 3.65. The molecule has 0 aromatic carbocycles. The van der Waals surface area contributed by atoms with Crippen LogP contribution in [0.2, 0.25) is 0 Å². The Labute approximate surface area is 225 Å². The van der Waals surface area contributed by atoms with Gasteiger partial charge >= 0.3 is 0 Å². The molecule has 0 aliphatic rings. The number of pyridine rings is 2. The van der Waals surface area contributed by atoms with E-state index in [2.05, 4.69) is 59.1 Å². The number of rotatable bonds is 2. The molecular formula is C28H24N8S2. The van der Waals surface area contributed by atoms with Crippen molar-refractivity contribution in [2.24, 2.45) is 0 Å². The molecule has 0 aliphatic heterocycles. The van der Waals surface area contributed by atoms with E-state index in [0.717, 1.165) is 56.1 Å². The van der Waals surface area contributed by atoms with Gasteiger partial charge in [0.15, 0.2) is 22.6 Å². The Morgan fingerprint density at radius 3 is 1.50 bits per heavy atom. The van der Waals surface area contributed by atoms with Crippen LogP contribution in [0.25, 0.3) is 63.9 Å². The van der Waals surface area contributed by atoms with Gasteiger partial charge in [-0.25, -0.2) is 29.0 Å². The molecule has 8 aromatic rings. The normalized spacial score (nSPS) is 12.5. The second-order valence-electron chi connectivity index (χ2n) is 10.2. The highest BCUT2D eigenvalue weighted by Gasteiger charge is 2.24. The van der Waals surface area contributed by atoms with E-state index in [9.17, 15) is 0 Å². The highest BCUT2D eigenvalue weighted by atomic mass is 32.2. The second-order valence-corrected chi connectivity index (χ2v) is 12.5. The molecular weight excluding hydrogens is 512 g/mol. The third-order valence-electron chi connectivity index (χ3n) is 7.59. The number of hydrogen-bond acceptors (Lipinski definition) is 6. The van der Waals surface area contributed by atoms with Gasteiger partial charge < -0.3 is 0 Å². The van der Waals surface area contributed by atoms with Gasteiger partial charge in [-0.15, -0.1) is 22.7 Å². The second kappa shape index (κ2) is 7.30. The maximum Gasteiger partial charge on any atom is 0.163 e. The lowest BCUT2D eigenvalue weighted by molar-refractivity contribution is 0.987. The third-order valence-corrected chi connectivity index (χ3v) is 10.3. The summed E-state index contributed by atoms with van der Waals surface area (Å²) in [5.74, 6) is 0. The number of nitrogens with zero attached hydrogens (tertiary/aromatic N) is 6. The Kier molecular flexibility index (Phi) is 4.23. The van der Waals surface area contributed by atoms with Gasteiger partial charge in [-0.1, -0.05) is 0 Å². The summed E-state index contributed by atoms with van der Waals surface area (Å²) in [5.41, 5.74) is 12.7. The van der Waals surface area contributed by atoms with Crippen molar-refractivity contribution >= 4 is 65.4 Å². The van der Waals surface area contributed by atoms with Gasteiger partial charge in [-0.05, 0) is 75.9 Å². The molecule has 0 fully saturated rings. The fourth-order valence-electron chi connectivity index (χ4n) is 5.98. The van der Waals surface area contributed by atoms with Crippen molar-refractivity contribution in [2.75, 3.05) is 0 Å². The number of aryl methyl sites for hydroxylation is 6. The third kappa shape index (κ3) is 2.73. The zero-order chi connectivity index (χ0) is 26.0. The lowest BCUT2D eigenvalue weighted by Crippen LogP contribution is -1.90. The summed E-state index contributed by atoms with van der Waals surface area (Å²) in [6, 6.07) is 4.22. The minimum atomic E-state index is 0.879. The number of fused-ring (bicyclic) bond motifs is 7. The van der Waals surface area contributed by atoms with E-state index in [4.69, 9.17) is 19.9 Å². The van der Waals surface area contributed by atoms with E-state index in [0.29, 0.717) is 0 Å². The van der Waals surface area contributed by atoms with Crippen molar-refractivity contribution in [1.82, 2.24) is 39.2 Å². The largest absolute Gasteiger partial charge is 0.275 e. The lowest BCUT2D eigenvalue weighted by Gasteiger charge is -2.01. The predicted octanol–water partition coefficient (Wildman–Crippen LogP) is 7.20. The van der Waals surface area contributed by atoms with Crippen LogP contribution in [0, 0.1) is 41.5 Å². The summed E-state index contributed by atoms with van der Waals surface area (Å²) in [6.07, 6.45) is 3.96. The quantitative estimate of drug-likeness (QED) is 0.244. The highest BCUT2D eigenvalue weighted by molar-refractivity contribution is 7.41. The zero-order valence-corrected chi connectivity index (χ0v) is 23.4. The fourth-order valence-corrected chi connectivity index (χ4v) is 8.84.